The van der Waals surface area contributed by atoms with E-state index in [0.717, 1.165) is 0 Å². The van der Waals surface area contributed by atoms with E-state index >= 15 is 0 Å². The van der Waals surface area contributed by atoms with Crippen LogP contribution in [0.15, 0.2) is 30.3 Å². The van der Waals surface area contributed by atoms with Crippen LogP contribution in [-0.4, -0.2) is 57.9 Å². The molecule has 0 aromatic heterocycles. The fraction of sp³-hybridized carbons (Fsp3) is 0.538. The maximum atomic E-state index is 12.6. The molecule has 1 aromatic rings. The molecule has 1 saturated heterocycles. The number of hydrogen-bond donors (Lipinski definition) is 2. The monoisotopic (exact) mass is 455 g/mol. The van der Waals surface area contributed by atoms with Crippen LogP contribution < -0.4 is 9.44 Å². The third-order valence-corrected chi connectivity index (χ3v) is 6.31. The zero-order valence-electron chi connectivity index (χ0n) is 13.8. The molecular weight excluding hydrogens is 440 g/mol. The number of nitrogens with zero attached hydrogens (tertiary/aromatic N) is 1. The zero-order valence-corrected chi connectivity index (χ0v) is 15.5. The zero-order chi connectivity index (χ0) is 21.4. The van der Waals surface area contributed by atoms with Crippen molar-refractivity contribution >= 4 is 20.0 Å². The Balaban J connectivity index is 2.24. The Hall–Kier alpha value is -1.42. The molecule has 0 saturated carbocycles. The second kappa shape index (κ2) is 7.78. The molecule has 1 aromatic carbocycles. The molecule has 1 heterocycles. The number of alkyl halides is 6. The van der Waals surface area contributed by atoms with Crippen molar-refractivity contribution in [3.05, 3.63) is 35.9 Å². The Bertz CT molecular complexity index is 833. The van der Waals surface area contributed by atoms with Gasteiger partial charge in [0.15, 0.2) is 0 Å². The summed E-state index contributed by atoms with van der Waals surface area (Å²) in [6.07, 6.45) is 0. The normalized spacial score (nSPS) is 22.5. The van der Waals surface area contributed by atoms with Gasteiger partial charge in [-0.3, -0.25) is 4.90 Å². The van der Waals surface area contributed by atoms with Crippen LogP contribution in [0.1, 0.15) is 5.56 Å². The first-order valence-electron chi connectivity index (χ1n) is 7.56. The fourth-order valence-electron chi connectivity index (χ4n) is 2.63. The summed E-state index contributed by atoms with van der Waals surface area (Å²) in [6.45, 7) is -0.806. The average molecular weight is 455 g/mol. The first-order chi connectivity index (χ1) is 12.6. The molecule has 0 amide bonds. The Morgan fingerprint density at radius 3 is 1.57 bits per heavy atom. The quantitative estimate of drug-likeness (QED) is 0.627. The van der Waals surface area contributed by atoms with Gasteiger partial charge in [0.1, 0.15) is 0 Å². The highest BCUT2D eigenvalue weighted by Crippen LogP contribution is 2.26. The smallest absolute Gasteiger partial charge is 0.296 e. The van der Waals surface area contributed by atoms with Crippen LogP contribution in [-0.2, 0) is 26.6 Å². The number of likely N-dealkylation sites (tertiary alicyclic amines) is 1. The van der Waals surface area contributed by atoms with Crippen molar-refractivity contribution < 1.29 is 43.2 Å². The summed E-state index contributed by atoms with van der Waals surface area (Å²) in [4.78, 5) is 1.34. The lowest BCUT2D eigenvalue weighted by Crippen LogP contribution is -2.55. The van der Waals surface area contributed by atoms with E-state index in [2.05, 4.69) is 0 Å². The Morgan fingerprint density at radius 1 is 0.821 bits per heavy atom. The van der Waals surface area contributed by atoms with E-state index in [1.54, 1.807) is 30.3 Å². The van der Waals surface area contributed by atoms with Gasteiger partial charge in [-0.2, -0.15) is 26.3 Å². The molecule has 7 nitrogen and oxygen atoms in total. The highest BCUT2D eigenvalue weighted by atomic mass is 32.2. The van der Waals surface area contributed by atoms with E-state index < -0.39 is 56.2 Å². The lowest BCUT2D eigenvalue weighted by Gasteiger charge is -2.22. The van der Waals surface area contributed by atoms with Crippen molar-refractivity contribution in [2.24, 2.45) is 0 Å². The van der Waals surface area contributed by atoms with Gasteiger partial charge in [0.05, 0.1) is 12.1 Å². The highest BCUT2D eigenvalue weighted by molar-refractivity contribution is 7.90. The van der Waals surface area contributed by atoms with Gasteiger partial charge in [-0.05, 0) is 5.56 Å². The molecule has 0 aliphatic carbocycles. The van der Waals surface area contributed by atoms with E-state index in [9.17, 15) is 43.2 Å². The average Bonchev–Trinajstić information content (AvgIpc) is 2.86. The molecule has 1 aliphatic rings. The minimum atomic E-state index is -5.89. The van der Waals surface area contributed by atoms with Gasteiger partial charge in [0, 0.05) is 19.6 Å². The Morgan fingerprint density at radius 2 is 1.21 bits per heavy atom. The van der Waals surface area contributed by atoms with E-state index in [4.69, 9.17) is 0 Å². The van der Waals surface area contributed by atoms with Crippen molar-refractivity contribution in [2.75, 3.05) is 13.1 Å². The standard InChI is InChI=1S/C13H15F6N3O4S2/c14-12(15,16)27(23,24)20-10-7-22(6-9-4-2-1-3-5-9)8-11(10)21-28(25,26)13(17,18)19/h1-5,10-11,20-21H,6-8H2/t10-,11-/m0/s1. The Labute approximate surface area is 156 Å². The number of sulfonamides is 2. The lowest BCUT2D eigenvalue weighted by molar-refractivity contribution is -0.0463. The summed E-state index contributed by atoms with van der Waals surface area (Å²) in [6, 6.07) is 4.76. The minimum absolute atomic E-state index is 0.0648. The number of rotatable bonds is 6. The number of nitrogens with one attached hydrogen (secondary N) is 2. The fourth-order valence-corrected chi connectivity index (χ4v) is 4.17. The van der Waals surface area contributed by atoms with E-state index in [0.29, 0.717) is 5.56 Å². The number of benzene rings is 1. The van der Waals surface area contributed by atoms with Crippen LogP contribution in [0, 0.1) is 0 Å². The molecule has 1 aliphatic heterocycles. The van der Waals surface area contributed by atoms with Gasteiger partial charge in [-0.25, -0.2) is 26.3 Å². The van der Waals surface area contributed by atoms with Crippen molar-refractivity contribution in [1.82, 2.24) is 14.3 Å². The van der Waals surface area contributed by atoms with Crippen LogP contribution in [0.4, 0.5) is 26.3 Å². The summed E-state index contributed by atoms with van der Waals surface area (Å²) in [5.74, 6) is 0. The van der Waals surface area contributed by atoms with Crippen molar-refractivity contribution in [2.45, 2.75) is 29.6 Å². The molecule has 160 valence electrons. The van der Waals surface area contributed by atoms with Gasteiger partial charge in [0.2, 0.25) is 0 Å². The maximum absolute atomic E-state index is 12.6. The van der Waals surface area contributed by atoms with Gasteiger partial charge in [0.25, 0.3) is 0 Å². The van der Waals surface area contributed by atoms with Gasteiger partial charge < -0.3 is 0 Å². The molecule has 28 heavy (non-hydrogen) atoms. The largest absolute Gasteiger partial charge is 0.511 e. The second-order valence-electron chi connectivity index (χ2n) is 6.03. The van der Waals surface area contributed by atoms with Gasteiger partial charge in [-0.1, -0.05) is 30.3 Å². The molecule has 0 spiro atoms. The highest BCUT2D eigenvalue weighted by Gasteiger charge is 2.52. The van der Waals surface area contributed by atoms with Crippen LogP contribution in [0.5, 0.6) is 0 Å². The summed E-state index contributed by atoms with van der Waals surface area (Å²) in [5, 5.41) is 0. The van der Waals surface area contributed by atoms with Crippen LogP contribution in [0.3, 0.4) is 0 Å². The van der Waals surface area contributed by atoms with Crippen LogP contribution >= 0.6 is 0 Å². The molecular formula is C13H15F6N3O4S2. The van der Waals surface area contributed by atoms with Crippen molar-refractivity contribution in [3.63, 3.8) is 0 Å². The number of hydrogen-bond acceptors (Lipinski definition) is 5. The van der Waals surface area contributed by atoms with E-state index in [1.807, 2.05) is 0 Å². The predicted molar refractivity (Wildman–Crippen MR) is 85.5 cm³/mol. The molecule has 1 fully saturated rings. The molecule has 0 bridgehead atoms. The van der Waals surface area contributed by atoms with Gasteiger partial charge >= 0.3 is 31.1 Å². The third-order valence-electron chi connectivity index (χ3n) is 3.87. The summed E-state index contributed by atoms with van der Waals surface area (Å²) >= 11 is 0. The Kier molecular flexibility index (Phi) is 6.35. The van der Waals surface area contributed by atoms with Crippen molar-refractivity contribution in [3.8, 4) is 0 Å². The molecule has 2 atom stereocenters. The lowest BCUT2D eigenvalue weighted by atomic mass is 10.2. The topological polar surface area (TPSA) is 95.6 Å². The van der Waals surface area contributed by atoms with Crippen molar-refractivity contribution in [1.29, 1.82) is 0 Å². The summed E-state index contributed by atoms with van der Waals surface area (Å²) in [5.41, 5.74) is -10.8. The minimum Gasteiger partial charge on any atom is -0.296 e. The SMILES string of the molecule is O=S(=O)(N[C@H]1CN(Cc2ccccc2)C[C@@H]1NS(=O)(=O)C(F)(F)F)C(F)(F)F. The van der Waals surface area contributed by atoms with E-state index in [1.165, 1.54) is 14.3 Å². The maximum Gasteiger partial charge on any atom is 0.511 e. The molecule has 0 radical (unpaired) electrons. The third kappa shape index (κ3) is 5.34. The second-order valence-corrected chi connectivity index (χ2v) is 9.44. The molecule has 0 unspecified atom stereocenters. The van der Waals surface area contributed by atoms with E-state index in [-0.39, 0.29) is 6.54 Å². The predicted octanol–water partition coefficient (Wildman–Crippen LogP) is 1.12. The van der Waals surface area contributed by atoms with Crippen LogP contribution in [0.2, 0.25) is 0 Å². The summed E-state index contributed by atoms with van der Waals surface area (Å²) < 4.78 is 123. The molecule has 15 heteroatoms. The first-order valence-corrected chi connectivity index (χ1v) is 10.5. The van der Waals surface area contributed by atoms with Gasteiger partial charge in [-0.15, -0.1) is 0 Å². The van der Waals surface area contributed by atoms with Crippen LogP contribution in [0.25, 0.3) is 0 Å². The molecule has 2 rings (SSSR count). The first kappa shape index (κ1) is 22.9. The molecule has 2 N–H and O–H groups in total. The summed E-state index contributed by atoms with van der Waals surface area (Å²) in [7, 11) is -11.8. The number of halogens is 6.